The number of nitrogens with zero attached hydrogens (tertiary/aromatic N) is 1. The number of ether oxygens (including phenoxy) is 3. The molecule has 1 rings (SSSR count). The minimum Gasteiger partial charge on any atom is -0.469 e. The number of nitrogens with one attached hydrogen (secondary N) is 1. The highest BCUT2D eigenvalue weighted by atomic mass is 19.1. The second kappa shape index (κ2) is 15.4. The van der Waals surface area contributed by atoms with Crippen LogP contribution < -0.4 is 11.1 Å². The molecule has 0 saturated heterocycles. The van der Waals surface area contributed by atoms with Gasteiger partial charge >= 0.3 is 18.0 Å². The molecule has 0 radical (unpaired) electrons. The number of carbonyl (C=O) groups is 4. The zero-order chi connectivity index (χ0) is 29.8. The third kappa shape index (κ3) is 13.9. The molecule has 0 spiro atoms. The van der Waals surface area contributed by atoms with Crippen LogP contribution in [0.3, 0.4) is 0 Å². The quantitative estimate of drug-likeness (QED) is 0.212. The molecule has 3 N–H and O–H groups in total. The van der Waals surface area contributed by atoms with Crippen LogP contribution in [0.4, 0.5) is 9.18 Å². The number of halogens is 1. The summed E-state index contributed by atoms with van der Waals surface area (Å²) >= 11 is 0. The fraction of sp³-hybridized carbons (Fsp3) is 0.643. The van der Waals surface area contributed by atoms with E-state index in [1.165, 1.54) is 24.1 Å². The number of benzene rings is 1. The summed E-state index contributed by atoms with van der Waals surface area (Å²) in [7, 11) is 1.20. The lowest BCUT2D eigenvalue weighted by atomic mass is 10.1. The summed E-state index contributed by atoms with van der Waals surface area (Å²) in [5.74, 6) is -2.36. The summed E-state index contributed by atoms with van der Waals surface area (Å²) in [5, 5.41) is 2.70. The third-order valence-electron chi connectivity index (χ3n) is 5.31. The van der Waals surface area contributed by atoms with Crippen molar-refractivity contribution < 1.29 is 37.8 Å². The second-order valence-corrected chi connectivity index (χ2v) is 11.3. The molecule has 2 amide bonds. The maximum absolute atomic E-state index is 14.7. The molecule has 1 atom stereocenters. The van der Waals surface area contributed by atoms with E-state index in [9.17, 15) is 23.6 Å². The van der Waals surface area contributed by atoms with Gasteiger partial charge in [-0.25, -0.2) is 14.0 Å². The lowest BCUT2D eigenvalue weighted by Crippen LogP contribution is -2.45. The molecule has 0 aliphatic carbocycles. The van der Waals surface area contributed by atoms with Crippen molar-refractivity contribution in [3.63, 3.8) is 0 Å². The molecule has 1 aromatic carbocycles. The fourth-order valence-electron chi connectivity index (χ4n) is 3.50. The zero-order valence-corrected chi connectivity index (χ0v) is 24.2. The minimum absolute atomic E-state index is 0.124. The average molecular weight is 554 g/mol. The van der Waals surface area contributed by atoms with Gasteiger partial charge in [-0.05, 0) is 72.6 Å². The van der Waals surface area contributed by atoms with Gasteiger partial charge in [0.25, 0.3) is 0 Å². The van der Waals surface area contributed by atoms with Crippen LogP contribution >= 0.6 is 0 Å². The van der Waals surface area contributed by atoms with Crippen molar-refractivity contribution in [2.45, 2.75) is 97.4 Å². The highest BCUT2D eigenvalue weighted by Crippen LogP contribution is 2.18. The molecule has 10 nitrogen and oxygen atoms in total. The first-order valence-electron chi connectivity index (χ1n) is 13.1. The van der Waals surface area contributed by atoms with Crippen LogP contribution in [0.1, 0.15) is 89.6 Å². The molecular weight excluding hydrogens is 509 g/mol. The molecule has 0 aliphatic rings. The lowest BCUT2D eigenvalue weighted by Gasteiger charge is -2.26. The molecule has 220 valence electrons. The van der Waals surface area contributed by atoms with E-state index in [1.807, 2.05) is 0 Å². The average Bonchev–Trinajstić information content (AvgIpc) is 2.80. The zero-order valence-electron chi connectivity index (χ0n) is 24.2. The van der Waals surface area contributed by atoms with Gasteiger partial charge in [0.2, 0.25) is 5.91 Å². The van der Waals surface area contributed by atoms with Crippen LogP contribution in [0.25, 0.3) is 0 Å². The number of unbranched alkanes of at least 4 members (excludes halogenated alkanes) is 3. The predicted molar refractivity (Wildman–Crippen MR) is 144 cm³/mol. The van der Waals surface area contributed by atoms with Gasteiger partial charge in [0, 0.05) is 25.2 Å². The molecule has 0 heterocycles. The Bertz CT molecular complexity index is 986. The van der Waals surface area contributed by atoms with E-state index in [1.54, 1.807) is 41.5 Å². The molecule has 0 aromatic heterocycles. The summed E-state index contributed by atoms with van der Waals surface area (Å²) in [6.45, 7) is 11.1. The summed E-state index contributed by atoms with van der Waals surface area (Å²) in [5.41, 5.74) is 4.95. The molecule has 39 heavy (non-hydrogen) atoms. The van der Waals surface area contributed by atoms with Gasteiger partial charge in [-0.1, -0.05) is 12.8 Å². The summed E-state index contributed by atoms with van der Waals surface area (Å²) < 4.78 is 29.9. The van der Waals surface area contributed by atoms with Crippen LogP contribution in [0.5, 0.6) is 0 Å². The molecule has 0 saturated carbocycles. The van der Waals surface area contributed by atoms with E-state index < -0.39 is 47.0 Å². The van der Waals surface area contributed by atoms with E-state index in [0.717, 1.165) is 18.9 Å². The first kappa shape index (κ1) is 33.8. The van der Waals surface area contributed by atoms with Crippen molar-refractivity contribution in [2.24, 2.45) is 5.73 Å². The van der Waals surface area contributed by atoms with Gasteiger partial charge in [-0.3, -0.25) is 9.59 Å². The maximum atomic E-state index is 14.7. The van der Waals surface area contributed by atoms with Crippen molar-refractivity contribution in [3.8, 4) is 0 Å². The van der Waals surface area contributed by atoms with E-state index in [-0.39, 0.29) is 30.6 Å². The highest BCUT2D eigenvalue weighted by Gasteiger charge is 2.25. The summed E-state index contributed by atoms with van der Waals surface area (Å²) in [6.07, 6.45) is 2.00. The molecule has 0 aliphatic heterocycles. The topological polar surface area (TPSA) is 137 Å². The normalized spacial score (nSPS) is 12.3. The minimum atomic E-state index is -1.16. The van der Waals surface area contributed by atoms with Crippen molar-refractivity contribution in [1.82, 2.24) is 10.2 Å². The molecular formula is C28H44FN3O7. The van der Waals surface area contributed by atoms with Crippen molar-refractivity contribution in [1.29, 1.82) is 0 Å². The molecule has 1 aromatic rings. The summed E-state index contributed by atoms with van der Waals surface area (Å²) in [6, 6.07) is 2.68. The third-order valence-corrected chi connectivity index (χ3v) is 5.31. The number of alkyl carbamates (subject to hydrolysis) is 1. The standard InChI is InChI=1S/C28H44FN3O7/c1-27(2,3)38-25(35)19-12-13-21(29)20(16-19)18-32(24(34)22(30)17-23(33)37-7)15-11-9-8-10-14-31-26(36)39-28(4,5)6/h12-13,16,22H,8-11,14-15,17-18,30H2,1-7H3,(H,31,36)/t22-/m1/s1. The number of rotatable bonds is 13. The number of nitrogens with two attached hydrogens (primary N) is 1. The smallest absolute Gasteiger partial charge is 0.407 e. The highest BCUT2D eigenvalue weighted by molar-refractivity contribution is 5.90. The summed E-state index contributed by atoms with van der Waals surface area (Å²) in [4.78, 5) is 50.3. The monoisotopic (exact) mass is 553 g/mol. The molecule has 11 heteroatoms. The first-order chi connectivity index (χ1) is 18.0. The van der Waals surface area contributed by atoms with Crippen LogP contribution in [0.15, 0.2) is 18.2 Å². The van der Waals surface area contributed by atoms with Crippen LogP contribution in [0, 0.1) is 5.82 Å². The van der Waals surface area contributed by atoms with Crippen LogP contribution in [-0.2, 0) is 30.3 Å². The SMILES string of the molecule is COC(=O)C[C@@H](N)C(=O)N(CCCCCCNC(=O)OC(C)(C)C)Cc1cc(C(=O)OC(C)(C)C)ccc1F. The largest absolute Gasteiger partial charge is 0.469 e. The predicted octanol–water partition coefficient (Wildman–Crippen LogP) is 4.09. The molecule has 0 bridgehead atoms. The number of hydrogen-bond acceptors (Lipinski definition) is 8. The number of hydrogen-bond donors (Lipinski definition) is 2. The maximum Gasteiger partial charge on any atom is 0.407 e. The Morgan fingerprint density at radius 3 is 2.18 bits per heavy atom. The molecule has 0 unspecified atom stereocenters. The number of amides is 2. The first-order valence-corrected chi connectivity index (χ1v) is 13.1. The number of methoxy groups -OCH3 is 1. The van der Waals surface area contributed by atoms with Crippen molar-refractivity contribution >= 4 is 23.9 Å². The van der Waals surface area contributed by atoms with Gasteiger partial charge < -0.3 is 30.2 Å². The van der Waals surface area contributed by atoms with Gasteiger partial charge in [0.1, 0.15) is 17.0 Å². The van der Waals surface area contributed by atoms with Crippen LogP contribution in [0.2, 0.25) is 0 Å². The van der Waals surface area contributed by atoms with E-state index in [0.29, 0.717) is 19.4 Å². The van der Waals surface area contributed by atoms with Crippen molar-refractivity contribution in [2.75, 3.05) is 20.2 Å². The Labute approximate surface area is 230 Å². The Morgan fingerprint density at radius 2 is 1.59 bits per heavy atom. The Kier molecular flexibility index (Phi) is 13.4. The Balaban J connectivity index is 2.84. The van der Waals surface area contributed by atoms with E-state index in [4.69, 9.17) is 15.2 Å². The Hall–Kier alpha value is -3.21. The van der Waals surface area contributed by atoms with Gasteiger partial charge in [0.05, 0.1) is 25.1 Å². The molecule has 0 fully saturated rings. The number of esters is 2. The number of carbonyl (C=O) groups excluding carboxylic acids is 4. The van der Waals surface area contributed by atoms with Gasteiger partial charge in [0.15, 0.2) is 0 Å². The lowest BCUT2D eigenvalue weighted by molar-refractivity contribution is -0.144. The fourth-order valence-corrected chi connectivity index (χ4v) is 3.50. The van der Waals surface area contributed by atoms with E-state index >= 15 is 0 Å². The second-order valence-electron chi connectivity index (χ2n) is 11.3. The van der Waals surface area contributed by atoms with Gasteiger partial charge in [-0.2, -0.15) is 0 Å². The van der Waals surface area contributed by atoms with Crippen molar-refractivity contribution in [3.05, 3.63) is 35.1 Å². The van der Waals surface area contributed by atoms with Gasteiger partial charge in [-0.15, -0.1) is 0 Å². The Morgan fingerprint density at radius 1 is 0.974 bits per heavy atom. The van der Waals surface area contributed by atoms with Crippen LogP contribution in [-0.4, -0.2) is 66.3 Å². The van der Waals surface area contributed by atoms with E-state index in [2.05, 4.69) is 10.1 Å².